The van der Waals surface area contributed by atoms with Crippen molar-refractivity contribution in [3.8, 4) is 6.07 Å². The van der Waals surface area contributed by atoms with Gasteiger partial charge < -0.3 is 0 Å². The molecule has 1 aromatic rings. The summed E-state index contributed by atoms with van der Waals surface area (Å²) in [4.78, 5) is 4.16. The quantitative estimate of drug-likeness (QED) is 0.630. The largest absolute Gasteiger partial charge is 0.261 e. The van der Waals surface area contributed by atoms with E-state index in [4.69, 9.17) is 5.26 Å². The Bertz CT molecular complexity index is 293. The van der Waals surface area contributed by atoms with Crippen LogP contribution in [0.5, 0.6) is 0 Å². The maximum absolute atomic E-state index is 8.40. The third-order valence-electron chi connectivity index (χ3n) is 1.52. The zero-order valence-electron chi connectivity index (χ0n) is 6.83. The molecule has 0 N–H and O–H groups in total. The third-order valence-corrected chi connectivity index (χ3v) is 1.52. The molecule has 0 saturated heterocycles. The van der Waals surface area contributed by atoms with Crippen LogP contribution in [0.2, 0.25) is 0 Å². The second-order valence-corrected chi connectivity index (χ2v) is 2.49. The molecule has 60 valence electrons. The van der Waals surface area contributed by atoms with Crippen molar-refractivity contribution in [1.29, 1.82) is 5.26 Å². The zero-order chi connectivity index (χ0) is 8.81. The van der Waals surface area contributed by atoms with Crippen molar-refractivity contribution in [2.75, 3.05) is 0 Å². The number of hydrogen-bond donors (Lipinski definition) is 0. The molecule has 1 rings (SSSR count). The van der Waals surface area contributed by atoms with E-state index in [9.17, 15) is 0 Å². The minimum atomic E-state index is 0.432. The van der Waals surface area contributed by atoms with Gasteiger partial charge in [0, 0.05) is 18.3 Å². The van der Waals surface area contributed by atoms with E-state index in [1.54, 1.807) is 6.20 Å². The van der Waals surface area contributed by atoms with Crippen LogP contribution in [0, 0.1) is 11.3 Å². The molecular weight excluding hydrogens is 148 g/mol. The van der Waals surface area contributed by atoms with Gasteiger partial charge in [-0.2, -0.15) is 5.26 Å². The second kappa shape index (κ2) is 4.30. The summed E-state index contributed by atoms with van der Waals surface area (Å²) in [7, 11) is 0. The van der Waals surface area contributed by atoms with Gasteiger partial charge in [0.25, 0.3) is 0 Å². The summed E-state index contributed by atoms with van der Waals surface area (Å²) in [6.45, 7) is 3.62. The lowest BCUT2D eigenvalue weighted by molar-refractivity contribution is 1.08. The average molecular weight is 158 g/mol. The second-order valence-electron chi connectivity index (χ2n) is 2.49. The number of allylic oxidation sites excluding steroid dienone is 1. The maximum Gasteiger partial charge on any atom is 0.0670 e. The van der Waals surface area contributed by atoms with Crippen molar-refractivity contribution < 1.29 is 0 Å². The van der Waals surface area contributed by atoms with Crippen LogP contribution in [0.1, 0.15) is 11.3 Å². The number of rotatable bonds is 3. The van der Waals surface area contributed by atoms with Gasteiger partial charge in [0.15, 0.2) is 0 Å². The predicted molar refractivity (Wildman–Crippen MR) is 47.5 cm³/mol. The van der Waals surface area contributed by atoms with Gasteiger partial charge in [-0.1, -0.05) is 12.1 Å². The standard InChI is InChI=1S/C10H10N2/c1-2-3-10-5-4-9(6-7-11)8-12-10/h2,4-5,8H,1,3,6H2. The predicted octanol–water partition coefficient (Wildman–Crippen LogP) is 1.88. The van der Waals surface area contributed by atoms with Crippen molar-refractivity contribution in [2.24, 2.45) is 0 Å². The smallest absolute Gasteiger partial charge is 0.0670 e. The van der Waals surface area contributed by atoms with Crippen molar-refractivity contribution in [3.05, 3.63) is 42.2 Å². The fourth-order valence-electron chi connectivity index (χ4n) is 0.920. The molecule has 0 saturated carbocycles. The first kappa shape index (κ1) is 8.48. The zero-order valence-corrected chi connectivity index (χ0v) is 6.83. The van der Waals surface area contributed by atoms with Gasteiger partial charge in [0.05, 0.1) is 12.5 Å². The van der Waals surface area contributed by atoms with Crippen LogP contribution in [0.15, 0.2) is 31.0 Å². The summed E-state index contributed by atoms with van der Waals surface area (Å²) in [5, 5.41) is 8.40. The van der Waals surface area contributed by atoms with Gasteiger partial charge in [-0.15, -0.1) is 6.58 Å². The Balaban J connectivity index is 2.72. The molecule has 12 heavy (non-hydrogen) atoms. The molecular formula is C10H10N2. The Morgan fingerprint density at radius 1 is 1.58 bits per heavy atom. The van der Waals surface area contributed by atoms with Gasteiger partial charge in [-0.25, -0.2) is 0 Å². The molecule has 0 spiro atoms. The molecule has 0 radical (unpaired) electrons. The first-order valence-corrected chi connectivity index (χ1v) is 3.78. The topological polar surface area (TPSA) is 36.7 Å². The molecule has 0 amide bonds. The summed E-state index contributed by atoms with van der Waals surface area (Å²) in [6.07, 6.45) is 4.77. The summed E-state index contributed by atoms with van der Waals surface area (Å²) >= 11 is 0. The van der Waals surface area contributed by atoms with Crippen LogP contribution < -0.4 is 0 Å². The van der Waals surface area contributed by atoms with E-state index in [-0.39, 0.29) is 0 Å². The molecule has 0 bridgehead atoms. The molecule has 0 aromatic carbocycles. The molecule has 0 aliphatic heterocycles. The first-order valence-electron chi connectivity index (χ1n) is 3.78. The van der Waals surface area contributed by atoms with Gasteiger partial charge in [-0.05, 0) is 11.6 Å². The van der Waals surface area contributed by atoms with Crippen molar-refractivity contribution >= 4 is 0 Å². The highest BCUT2D eigenvalue weighted by molar-refractivity contribution is 5.18. The lowest BCUT2D eigenvalue weighted by atomic mass is 10.2. The van der Waals surface area contributed by atoms with Gasteiger partial charge in [0.1, 0.15) is 0 Å². The Kier molecular flexibility index (Phi) is 3.04. The SMILES string of the molecule is C=CCc1ccc(CC#N)cn1. The van der Waals surface area contributed by atoms with Crippen molar-refractivity contribution in [3.63, 3.8) is 0 Å². The molecule has 2 nitrogen and oxygen atoms in total. The number of hydrogen-bond acceptors (Lipinski definition) is 2. The summed E-state index contributed by atoms with van der Waals surface area (Å²) in [6, 6.07) is 5.93. The average Bonchev–Trinajstić information content (AvgIpc) is 2.09. The minimum absolute atomic E-state index is 0.432. The minimum Gasteiger partial charge on any atom is -0.261 e. The summed E-state index contributed by atoms with van der Waals surface area (Å²) in [5.41, 5.74) is 1.96. The van der Waals surface area contributed by atoms with Crippen LogP contribution in [-0.4, -0.2) is 4.98 Å². The van der Waals surface area contributed by atoms with Crippen LogP contribution >= 0.6 is 0 Å². The molecule has 2 heteroatoms. The van der Waals surface area contributed by atoms with Crippen LogP contribution in [0.25, 0.3) is 0 Å². The number of nitriles is 1. The Labute approximate surface area is 72.2 Å². The molecule has 0 aliphatic rings. The highest BCUT2D eigenvalue weighted by Gasteiger charge is 1.92. The fourth-order valence-corrected chi connectivity index (χ4v) is 0.920. The Hall–Kier alpha value is -1.62. The highest BCUT2D eigenvalue weighted by atomic mass is 14.7. The van der Waals surface area contributed by atoms with Gasteiger partial charge in [0.2, 0.25) is 0 Å². The number of nitrogens with zero attached hydrogens (tertiary/aromatic N) is 2. The number of aromatic nitrogens is 1. The highest BCUT2D eigenvalue weighted by Crippen LogP contribution is 2.01. The summed E-state index contributed by atoms with van der Waals surface area (Å²) < 4.78 is 0. The maximum atomic E-state index is 8.40. The molecule has 1 aromatic heterocycles. The van der Waals surface area contributed by atoms with Crippen LogP contribution in [0.3, 0.4) is 0 Å². The molecule has 0 atom stereocenters. The lowest BCUT2D eigenvalue weighted by Crippen LogP contribution is -1.89. The van der Waals surface area contributed by atoms with Gasteiger partial charge >= 0.3 is 0 Å². The van der Waals surface area contributed by atoms with E-state index >= 15 is 0 Å². The van der Waals surface area contributed by atoms with E-state index in [0.29, 0.717) is 6.42 Å². The van der Waals surface area contributed by atoms with E-state index in [1.807, 2.05) is 18.2 Å². The van der Waals surface area contributed by atoms with E-state index < -0.39 is 0 Å². The van der Waals surface area contributed by atoms with Crippen molar-refractivity contribution in [2.45, 2.75) is 12.8 Å². The fraction of sp³-hybridized carbons (Fsp3) is 0.200. The van der Waals surface area contributed by atoms with E-state index in [1.165, 1.54) is 0 Å². The Morgan fingerprint density at radius 2 is 2.42 bits per heavy atom. The van der Waals surface area contributed by atoms with Gasteiger partial charge in [-0.3, -0.25) is 4.98 Å². The number of pyridine rings is 1. The molecule has 0 fully saturated rings. The molecule has 0 aliphatic carbocycles. The summed E-state index contributed by atoms with van der Waals surface area (Å²) in [5.74, 6) is 0. The molecule has 1 heterocycles. The van der Waals surface area contributed by atoms with E-state index in [2.05, 4.69) is 17.6 Å². The monoisotopic (exact) mass is 158 g/mol. The van der Waals surface area contributed by atoms with Crippen molar-refractivity contribution in [1.82, 2.24) is 4.98 Å². The normalized spacial score (nSPS) is 8.92. The molecule has 0 unspecified atom stereocenters. The van der Waals surface area contributed by atoms with Crippen LogP contribution in [0.4, 0.5) is 0 Å². The van der Waals surface area contributed by atoms with E-state index in [0.717, 1.165) is 17.7 Å². The van der Waals surface area contributed by atoms with Crippen LogP contribution in [-0.2, 0) is 12.8 Å². The lowest BCUT2D eigenvalue weighted by Gasteiger charge is -1.96. The first-order chi connectivity index (χ1) is 5.86. The Morgan fingerprint density at radius 3 is 2.92 bits per heavy atom. The third kappa shape index (κ3) is 2.21.